The molecule has 0 saturated carbocycles. The van der Waals surface area contributed by atoms with Crippen molar-refractivity contribution in [1.82, 2.24) is 10.1 Å². The first-order valence-corrected chi connectivity index (χ1v) is 8.96. The predicted octanol–water partition coefficient (Wildman–Crippen LogP) is 3.57. The maximum absolute atomic E-state index is 12.7. The highest BCUT2D eigenvalue weighted by Gasteiger charge is 2.30. The van der Waals surface area contributed by atoms with Crippen LogP contribution in [0.25, 0.3) is 0 Å². The molecule has 0 unspecified atom stereocenters. The number of fused-ring (bicyclic) bond motifs is 1. The number of amides is 1. The van der Waals surface area contributed by atoms with E-state index in [1.807, 2.05) is 53.4 Å². The average Bonchev–Trinajstić information content (AvgIpc) is 3.23. The lowest BCUT2D eigenvalue weighted by Gasteiger charge is -2.22. The smallest absolute Gasteiger partial charge is 0.227 e. The molecule has 2 heterocycles. The lowest BCUT2D eigenvalue weighted by Crippen LogP contribution is -2.35. The van der Waals surface area contributed by atoms with Gasteiger partial charge in [-0.05, 0) is 30.5 Å². The Morgan fingerprint density at radius 3 is 2.77 bits per heavy atom. The maximum atomic E-state index is 12.7. The average molecular weight is 347 g/mol. The molecule has 0 N–H and O–H groups in total. The molecule has 5 nitrogen and oxygen atoms in total. The number of anilines is 1. The number of carbonyl (C=O) groups is 1. The monoisotopic (exact) mass is 347 g/mol. The molecule has 2 aromatic carbocycles. The second-order valence-corrected chi connectivity index (χ2v) is 6.71. The van der Waals surface area contributed by atoms with E-state index >= 15 is 0 Å². The summed E-state index contributed by atoms with van der Waals surface area (Å²) in [4.78, 5) is 19.0. The Morgan fingerprint density at radius 2 is 1.92 bits per heavy atom. The van der Waals surface area contributed by atoms with Crippen molar-refractivity contribution in [2.24, 2.45) is 0 Å². The van der Waals surface area contributed by atoms with Gasteiger partial charge < -0.3 is 9.42 Å². The van der Waals surface area contributed by atoms with Gasteiger partial charge in [0.1, 0.15) is 0 Å². The summed E-state index contributed by atoms with van der Waals surface area (Å²) in [7, 11) is 0. The van der Waals surface area contributed by atoms with E-state index in [0.717, 1.165) is 17.7 Å². The lowest BCUT2D eigenvalue weighted by molar-refractivity contribution is -0.118. The van der Waals surface area contributed by atoms with Crippen LogP contribution in [0, 0.1) is 0 Å². The van der Waals surface area contributed by atoms with E-state index in [-0.39, 0.29) is 11.9 Å². The number of carbonyl (C=O) groups excluding carboxylic acids is 1. The van der Waals surface area contributed by atoms with Crippen LogP contribution in [0.15, 0.2) is 59.1 Å². The molecule has 132 valence electrons. The summed E-state index contributed by atoms with van der Waals surface area (Å²) in [6.45, 7) is 2.09. The highest BCUT2D eigenvalue weighted by molar-refractivity contribution is 5.96. The molecule has 0 aliphatic carbocycles. The minimum atomic E-state index is 0.102. The maximum Gasteiger partial charge on any atom is 0.227 e. The van der Waals surface area contributed by atoms with Gasteiger partial charge in [0.15, 0.2) is 5.82 Å². The standard InChI is InChI=1S/C21H21N3O2/c1-15-13-17-9-5-6-10-18(17)24(15)21(25)12-11-20-22-19(23-26-20)14-16-7-3-2-4-8-16/h2-10,15H,11-14H2,1H3/t15-/m0/s1. The van der Waals surface area contributed by atoms with Gasteiger partial charge in [0.05, 0.1) is 0 Å². The first-order chi connectivity index (χ1) is 12.7. The molecule has 26 heavy (non-hydrogen) atoms. The van der Waals surface area contributed by atoms with Gasteiger partial charge in [-0.15, -0.1) is 0 Å². The fourth-order valence-electron chi connectivity index (χ4n) is 3.52. The second kappa shape index (κ2) is 7.12. The Kier molecular flexibility index (Phi) is 4.52. The van der Waals surface area contributed by atoms with E-state index in [4.69, 9.17) is 4.52 Å². The van der Waals surface area contributed by atoms with Crippen LogP contribution in [-0.4, -0.2) is 22.1 Å². The topological polar surface area (TPSA) is 59.2 Å². The van der Waals surface area contributed by atoms with E-state index in [1.54, 1.807) is 0 Å². The summed E-state index contributed by atoms with van der Waals surface area (Å²) in [5.74, 6) is 1.27. The molecule has 0 spiro atoms. The van der Waals surface area contributed by atoms with Crippen LogP contribution in [0.4, 0.5) is 5.69 Å². The van der Waals surface area contributed by atoms with Gasteiger partial charge in [-0.2, -0.15) is 4.98 Å². The number of nitrogens with zero attached hydrogens (tertiary/aromatic N) is 3. The highest BCUT2D eigenvalue weighted by Crippen LogP contribution is 2.32. The number of hydrogen-bond acceptors (Lipinski definition) is 4. The quantitative estimate of drug-likeness (QED) is 0.708. The normalized spacial score (nSPS) is 15.9. The van der Waals surface area contributed by atoms with Gasteiger partial charge >= 0.3 is 0 Å². The molecule has 5 heteroatoms. The van der Waals surface area contributed by atoms with E-state index < -0.39 is 0 Å². The number of rotatable bonds is 5. The Bertz CT molecular complexity index is 904. The fraction of sp³-hybridized carbons (Fsp3) is 0.286. The molecule has 0 saturated heterocycles. The largest absolute Gasteiger partial charge is 0.339 e. The highest BCUT2D eigenvalue weighted by atomic mass is 16.5. The summed E-state index contributed by atoms with van der Waals surface area (Å²) in [5, 5.41) is 4.03. The van der Waals surface area contributed by atoms with Gasteiger partial charge in [-0.25, -0.2) is 0 Å². The van der Waals surface area contributed by atoms with Crippen molar-refractivity contribution in [1.29, 1.82) is 0 Å². The number of benzene rings is 2. The summed E-state index contributed by atoms with van der Waals surface area (Å²) in [5.41, 5.74) is 3.40. The van der Waals surface area contributed by atoms with Gasteiger partial charge in [-0.3, -0.25) is 4.79 Å². The van der Waals surface area contributed by atoms with Gasteiger partial charge in [-0.1, -0.05) is 53.7 Å². The molecule has 4 rings (SSSR count). The number of aryl methyl sites for hydroxylation is 1. The number of aromatic nitrogens is 2. The van der Waals surface area contributed by atoms with Crippen molar-refractivity contribution >= 4 is 11.6 Å². The van der Waals surface area contributed by atoms with Crippen LogP contribution in [0.1, 0.15) is 36.2 Å². The van der Waals surface area contributed by atoms with Crippen LogP contribution in [0.2, 0.25) is 0 Å². The SMILES string of the molecule is C[C@H]1Cc2ccccc2N1C(=O)CCc1nc(Cc2ccccc2)no1. The van der Waals surface area contributed by atoms with Gasteiger partial charge in [0, 0.05) is 31.0 Å². The molecule has 0 fully saturated rings. The van der Waals surface area contributed by atoms with Crippen LogP contribution in [0.3, 0.4) is 0 Å². The summed E-state index contributed by atoms with van der Waals surface area (Å²) < 4.78 is 5.31. The van der Waals surface area contributed by atoms with Crippen molar-refractivity contribution in [3.8, 4) is 0 Å². The van der Waals surface area contributed by atoms with Crippen molar-refractivity contribution in [2.75, 3.05) is 4.90 Å². The third-order valence-corrected chi connectivity index (χ3v) is 4.74. The zero-order valence-corrected chi connectivity index (χ0v) is 14.8. The molecule has 1 aliphatic heterocycles. The van der Waals surface area contributed by atoms with Gasteiger partial charge in [0.2, 0.25) is 11.8 Å². The predicted molar refractivity (Wildman–Crippen MR) is 99.0 cm³/mol. The van der Waals surface area contributed by atoms with Crippen LogP contribution in [0.5, 0.6) is 0 Å². The molecular weight excluding hydrogens is 326 g/mol. The first-order valence-electron chi connectivity index (χ1n) is 8.96. The molecule has 1 amide bonds. The third kappa shape index (κ3) is 3.38. The lowest BCUT2D eigenvalue weighted by atomic mass is 10.1. The summed E-state index contributed by atoms with van der Waals surface area (Å²) >= 11 is 0. The Morgan fingerprint density at radius 1 is 1.15 bits per heavy atom. The van der Waals surface area contributed by atoms with Gasteiger partial charge in [0.25, 0.3) is 0 Å². The van der Waals surface area contributed by atoms with Crippen LogP contribution >= 0.6 is 0 Å². The number of hydrogen-bond donors (Lipinski definition) is 0. The third-order valence-electron chi connectivity index (χ3n) is 4.74. The van der Waals surface area contributed by atoms with Crippen molar-refractivity contribution in [3.63, 3.8) is 0 Å². The van der Waals surface area contributed by atoms with E-state index in [1.165, 1.54) is 5.56 Å². The molecular formula is C21H21N3O2. The molecule has 0 bridgehead atoms. The van der Waals surface area contributed by atoms with Crippen LogP contribution < -0.4 is 4.90 Å². The zero-order valence-electron chi connectivity index (χ0n) is 14.8. The summed E-state index contributed by atoms with van der Waals surface area (Å²) in [6, 6.07) is 18.3. The summed E-state index contributed by atoms with van der Waals surface area (Å²) in [6.07, 6.45) is 2.37. The molecule has 0 radical (unpaired) electrons. The van der Waals surface area contributed by atoms with E-state index in [0.29, 0.717) is 31.0 Å². The van der Waals surface area contributed by atoms with Crippen molar-refractivity contribution in [3.05, 3.63) is 77.4 Å². The van der Waals surface area contributed by atoms with Crippen molar-refractivity contribution in [2.45, 2.75) is 38.6 Å². The Labute approximate surface area is 152 Å². The van der Waals surface area contributed by atoms with Crippen LogP contribution in [-0.2, 0) is 24.1 Å². The Balaban J connectivity index is 1.38. The Hall–Kier alpha value is -2.95. The van der Waals surface area contributed by atoms with E-state index in [9.17, 15) is 4.79 Å². The molecule has 3 aromatic rings. The zero-order chi connectivity index (χ0) is 17.9. The van der Waals surface area contributed by atoms with Crippen molar-refractivity contribution < 1.29 is 9.32 Å². The molecule has 1 atom stereocenters. The second-order valence-electron chi connectivity index (χ2n) is 6.71. The molecule has 1 aliphatic rings. The van der Waals surface area contributed by atoms with E-state index in [2.05, 4.69) is 23.1 Å². The number of para-hydroxylation sites is 1. The minimum absolute atomic E-state index is 0.102. The molecule has 1 aromatic heterocycles. The fourth-order valence-corrected chi connectivity index (χ4v) is 3.52. The minimum Gasteiger partial charge on any atom is -0.339 e. The first kappa shape index (κ1) is 16.5.